The number of carbonyl (C=O) groups is 1. The highest BCUT2D eigenvalue weighted by atomic mass is 127. The van der Waals surface area contributed by atoms with Crippen LogP contribution in [-0.2, 0) is 17.8 Å². The summed E-state index contributed by atoms with van der Waals surface area (Å²) in [5.41, 5.74) is 2.05. The lowest BCUT2D eigenvalue weighted by Gasteiger charge is -2.20. The van der Waals surface area contributed by atoms with Gasteiger partial charge in [0.2, 0.25) is 11.8 Å². The molecule has 1 saturated heterocycles. The van der Waals surface area contributed by atoms with E-state index >= 15 is 0 Å². The Morgan fingerprint density at radius 2 is 2.41 bits per heavy atom. The summed E-state index contributed by atoms with van der Waals surface area (Å²) < 4.78 is 5.45. The fourth-order valence-electron chi connectivity index (χ4n) is 2.37. The van der Waals surface area contributed by atoms with Gasteiger partial charge in [0.1, 0.15) is 0 Å². The summed E-state index contributed by atoms with van der Waals surface area (Å²) in [6.45, 7) is 3.60. The lowest BCUT2D eigenvalue weighted by Crippen LogP contribution is -2.34. The van der Waals surface area contributed by atoms with Crippen LogP contribution in [0.15, 0.2) is 4.52 Å². The van der Waals surface area contributed by atoms with Crippen molar-refractivity contribution in [3.63, 3.8) is 0 Å². The highest BCUT2D eigenvalue weighted by molar-refractivity contribution is 14.1. The minimum Gasteiger partial charge on any atom is -0.338 e. The molecule has 1 amide bonds. The molecule has 0 radical (unpaired) electrons. The van der Waals surface area contributed by atoms with E-state index in [-0.39, 0.29) is 9.83 Å². The first-order chi connectivity index (χ1) is 8.16. The SMILES string of the molecule is CC1Cc2noc(N3CCC(I)C3=O)c2CN1. The van der Waals surface area contributed by atoms with Crippen molar-refractivity contribution in [2.75, 3.05) is 11.4 Å². The Labute approximate surface area is 113 Å². The van der Waals surface area contributed by atoms with Crippen LogP contribution in [-0.4, -0.2) is 27.6 Å². The number of fused-ring (bicyclic) bond motifs is 1. The first-order valence-corrected chi connectivity index (χ1v) is 7.07. The Morgan fingerprint density at radius 1 is 1.59 bits per heavy atom. The molecule has 0 aliphatic carbocycles. The number of rotatable bonds is 1. The Kier molecular flexibility index (Phi) is 2.86. The monoisotopic (exact) mass is 347 g/mol. The van der Waals surface area contributed by atoms with Crippen LogP contribution in [0.4, 0.5) is 5.88 Å². The van der Waals surface area contributed by atoms with Gasteiger partial charge in [0.15, 0.2) is 0 Å². The molecular formula is C11H14IN3O2. The van der Waals surface area contributed by atoms with Gasteiger partial charge in [0.05, 0.1) is 15.2 Å². The number of nitrogens with one attached hydrogen (secondary N) is 1. The third kappa shape index (κ3) is 1.87. The van der Waals surface area contributed by atoms with Gasteiger partial charge in [-0.2, -0.15) is 0 Å². The van der Waals surface area contributed by atoms with Crippen molar-refractivity contribution in [2.45, 2.75) is 36.3 Å². The van der Waals surface area contributed by atoms with Crippen LogP contribution in [0.25, 0.3) is 0 Å². The zero-order valence-electron chi connectivity index (χ0n) is 9.57. The van der Waals surface area contributed by atoms with E-state index in [9.17, 15) is 4.79 Å². The molecule has 5 nitrogen and oxygen atoms in total. The van der Waals surface area contributed by atoms with E-state index in [2.05, 4.69) is 40.0 Å². The summed E-state index contributed by atoms with van der Waals surface area (Å²) in [4.78, 5) is 13.7. The van der Waals surface area contributed by atoms with E-state index < -0.39 is 0 Å². The number of amides is 1. The predicted octanol–water partition coefficient (Wildman–Crippen LogP) is 1.25. The number of alkyl halides is 1. The molecule has 0 bridgehead atoms. The number of nitrogens with zero attached hydrogens (tertiary/aromatic N) is 2. The number of hydrogen-bond acceptors (Lipinski definition) is 4. The van der Waals surface area contributed by atoms with Gasteiger partial charge in [-0.15, -0.1) is 0 Å². The van der Waals surface area contributed by atoms with Gasteiger partial charge >= 0.3 is 0 Å². The molecule has 3 heterocycles. The Balaban J connectivity index is 1.92. The lowest BCUT2D eigenvalue weighted by molar-refractivity contribution is -0.116. The molecule has 17 heavy (non-hydrogen) atoms. The Hall–Kier alpha value is -0.630. The molecule has 6 heteroatoms. The predicted molar refractivity (Wildman–Crippen MR) is 71.3 cm³/mol. The molecule has 2 aliphatic heterocycles. The van der Waals surface area contributed by atoms with Crippen LogP contribution in [0, 0.1) is 0 Å². The van der Waals surface area contributed by atoms with Gasteiger partial charge in [-0.25, -0.2) is 0 Å². The number of anilines is 1. The zero-order chi connectivity index (χ0) is 12.0. The Morgan fingerprint density at radius 3 is 3.12 bits per heavy atom. The van der Waals surface area contributed by atoms with Gasteiger partial charge in [0, 0.05) is 25.6 Å². The maximum atomic E-state index is 12.0. The molecule has 0 aromatic carbocycles. The molecule has 1 aromatic rings. The molecular weight excluding hydrogens is 333 g/mol. The molecule has 1 fully saturated rings. The molecule has 3 rings (SSSR count). The summed E-state index contributed by atoms with van der Waals surface area (Å²) in [6, 6.07) is 0.423. The first-order valence-electron chi connectivity index (χ1n) is 5.83. The van der Waals surface area contributed by atoms with Crippen molar-refractivity contribution < 1.29 is 9.32 Å². The van der Waals surface area contributed by atoms with Crippen molar-refractivity contribution in [3.8, 4) is 0 Å². The minimum absolute atomic E-state index is 0.0730. The van der Waals surface area contributed by atoms with Crippen molar-refractivity contribution in [3.05, 3.63) is 11.3 Å². The van der Waals surface area contributed by atoms with Crippen molar-refractivity contribution >= 4 is 34.4 Å². The van der Waals surface area contributed by atoms with E-state index in [4.69, 9.17) is 4.52 Å². The highest BCUT2D eigenvalue weighted by Crippen LogP contribution is 2.32. The van der Waals surface area contributed by atoms with Gasteiger partial charge in [-0.3, -0.25) is 9.69 Å². The molecule has 1 N–H and O–H groups in total. The van der Waals surface area contributed by atoms with E-state index in [0.29, 0.717) is 11.9 Å². The second-order valence-electron chi connectivity index (χ2n) is 4.65. The largest absolute Gasteiger partial charge is 0.338 e. The van der Waals surface area contributed by atoms with Crippen molar-refractivity contribution in [2.24, 2.45) is 0 Å². The van der Waals surface area contributed by atoms with E-state index in [1.165, 1.54) is 0 Å². The molecule has 1 aromatic heterocycles. The third-order valence-electron chi connectivity index (χ3n) is 3.36. The number of hydrogen-bond donors (Lipinski definition) is 1. The second kappa shape index (κ2) is 4.24. The molecule has 2 atom stereocenters. The standard InChI is InChI=1S/C11H14IN3O2/c1-6-4-9-7(5-13-6)11(17-14-9)15-3-2-8(12)10(15)16/h6,8,13H,2-5H2,1H3. The summed E-state index contributed by atoms with van der Waals surface area (Å²) in [7, 11) is 0. The maximum absolute atomic E-state index is 12.0. The minimum atomic E-state index is 0.0730. The van der Waals surface area contributed by atoms with E-state index in [0.717, 1.165) is 37.2 Å². The van der Waals surface area contributed by atoms with E-state index in [1.54, 1.807) is 4.90 Å². The molecule has 92 valence electrons. The maximum Gasteiger partial charge on any atom is 0.242 e. The van der Waals surface area contributed by atoms with Gasteiger partial charge in [-0.05, 0) is 13.3 Å². The fourth-order valence-corrected chi connectivity index (χ4v) is 2.98. The Bertz CT molecular complexity index is 460. The zero-order valence-corrected chi connectivity index (χ0v) is 11.7. The summed E-state index contributed by atoms with van der Waals surface area (Å²) in [5.74, 6) is 0.798. The molecule has 2 unspecified atom stereocenters. The molecule has 2 aliphatic rings. The van der Waals surface area contributed by atoms with E-state index in [1.807, 2.05) is 0 Å². The highest BCUT2D eigenvalue weighted by Gasteiger charge is 2.36. The first kappa shape index (κ1) is 11.5. The third-order valence-corrected chi connectivity index (χ3v) is 4.52. The summed E-state index contributed by atoms with van der Waals surface area (Å²) in [6.07, 6.45) is 1.76. The summed E-state index contributed by atoms with van der Waals surface area (Å²) in [5, 5.41) is 7.47. The van der Waals surface area contributed by atoms with Crippen molar-refractivity contribution in [1.82, 2.24) is 10.5 Å². The average Bonchev–Trinajstić information content (AvgIpc) is 2.84. The van der Waals surface area contributed by atoms with Crippen LogP contribution >= 0.6 is 22.6 Å². The van der Waals surface area contributed by atoms with Crippen LogP contribution < -0.4 is 10.2 Å². The van der Waals surface area contributed by atoms with Gasteiger partial charge in [-0.1, -0.05) is 27.7 Å². The van der Waals surface area contributed by atoms with Crippen LogP contribution in [0.2, 0.25) is 0 Å². The number of halogens is 1. The number of aromatic nitrogens is 1. The lowest BCUT2D eigenvalue weighted by atomic mass is 10.0. The average molecular weight is 347 g/mol. The smallest absolute Gasteiger partial charge is 0.242 e. The van der Waals surface area contributed by atoms with Gasteiger partial charge in [0.25, 0.3) is 0 Å². The van der Waals surface area contributed by atoms with Gasteiger partial charge < -0.3 is 9.84 Å². The fraction of sp³-hybridized carbons (Fsp3) is 0.636. The normalized spacial score (nSPS) is 28.6. The van der Waals surface area contributed by atoms with Crippen LogP contribution in [0.3, 0.4) is 0 Å². The molecule has 0 spiro atoms. The molecule has 0 saturated carbocycles. The number of carbonyl (C=O) groups excluding carboxylic acids is 1. The van der Waals surface area contributed by atoms with Crippen LogP contribution in [0.1, 0.15) is 24.6 Å². The topological polar surface area (TPSA) is 58.4 Å². The second-order valence-corrected chi connectivity index (χ2v) is 6.15. The van der Waals surface area contributed by atoms with Crippen molar-refractivity contribution in [1.29, 1.82) is 0 Å². The summed E-state index contributed by atoms with van der Waals surface area (Å²) >= 11 is 2.19. The van der Waals surface area contributed by atoms with Crippen LogP contribution in [0.5, 0.6) is 0 Å². The quantitative estimate of drug-likeness (QED) is 0.614.